The molecule has 2 aliphatic heterocycles. The maximum Gasteiger partial charge on any atom is 0.260 e. The lowest BCUT2D eigenvalue weighted by Gasteiger charge is -2.35. The van der Waals surface area contributed by atoms with E-state index in [9.17, 15) is 4.79 Å². The number of nitrogens with zero attached hydrogens (tertiary/aromatic N) is 2. The predicted molar refractivity (Wildman–Crippen MR) is 93.4 cm³/mol. The Kier molecular flexibility index (Phi) is 5.74. The molecule has 0 N–H and O–H groups in total. The van der Waals surface area contributed by atoms with Crippen molar-refractivity contribution < 1.29 is 14.3 Å². The van der Waals surface area contributed by atoms with Crippen molar-refractivity contribution >= 4 is 5.91 Å². The van der Waals surface area contributed by atoms with E-state index in [2.05, 4.69) is 11.0 Å². The van der Waals surface area contributed by atoms with Crippen molar-refractivity contribution in [2.75, 3.05) is 52.5 Å². The predicted octanol–water partition coefficient (Wildman–Crippen LogP) is 1.86. The Labute approximate surface area is 144 Å². The number of amides is 1. The van der Waals surface area contributed by atoms with Gasteiger partial charge in [-0.1, -0.05) is 6.07 Å². The molecule has 0 unspecified atom stereocenters. The van der Waals surface area contributed by atoms with Crippen molar-refractivity contribution in [1.29, 1.82) is 0 Å². The first-order valence-electron chi connectivity index (χ1n) is 8.89. The van der Waals surface area contributed by atoms with Crippen molar-refractivity contribution in [1.82, 2.24) is 9.80 Å². The number of hydrogen-bond acceptors (Lipinski definition) is 4. The number of benzene rings is 1. The first-order valence-corrected chi connectivity index (χ1v) is 8.89. The quantitative estimate of drug-likeness (QED) is 0.825. The minimum absolute atomic E-state index is 0.0815. The van der Waals surface area contributed by atoms with E-state index >= 15 is 0 Å². The van der Waals surface area contributed by atoms with Crippen LogP contribution in [-0.4, -0.2) is 68.3 Å². The molecule has 2 fully saturated rings. The molecule has 132 valence electrons. The molecule has 1 aromatic rings. The summed E-state index contributed by atoms with van der Waals surface area (Å²) >= 11 is 0. The van der Waals surface area contributed by atoms with Crippen LogP contribution < -0.4 is 4.74 Å². The summed E-state index contributed by atoms with van der Waals surface area (Å²) in [6.07, 6.45) is 1.17. The number of carbonyl (C=O) groups is 1. The van der Waals surface area contributed by atoms with Gasteiger partial charge in [0.15, 0.2) is 6.61 Å². The molecular weight excluding hydrogens is 304 g/mol. The zero-order valence-corrected chi connectivity index (χ0v) is 14.8. The molecule has 2 aliphatic rings. The van der Waals surface area contributed by atoms with Crippen LogP contribution in [0.5, 0.6) is 5.75 Å². The normalized spacial score (nSPS) is 21.9. The zero-order chi connectivity index (χ0) is 16.9. The van der Waals surface area contributed by atoms with E-state index in [0.717, 1.165) is 62.8 Å². The van der Waals surface area contributed by atoms with Gasteiger partial charge in [0.2, 0.25) is 0 Å². The van der Waals surface area contributed by atoms with Crippen LogP contribution in [0.2, 0.25) is 0 Å². The summed E-state index contributed by atoms with van der Waals surface area (Å²) in [5.74, 6) is 1.53. The topological polar surface area (TPSA) is 42.0 Å². The molecule has 2 saturated heterocycles. The van der Waals surface area contributed by atoms with Gasteiger partial charge in [0.25, 0.3) is 5.91 Å². The van der Waals surface area contributed by atoms with Crippen molar-refractivity contribution in [2.45, 2.75) is 20.3 Å². The molecule has 0 spiro atoms. The third-order valence-corrected chi connectivity index (χ3v) is 4.82. The number of ether oxygens (including phenoxy) is 2. The average Bonchev–Trinajstić information content (AvgIpc) is 3.05. The molecule has 2 heterocycles. The number of carbonyl (C=O) groups excluding carboxylic acids is 1. The number of hydrogen-bond donors (Lipinski definition) is 0. The van der Waals surface area contributed by atoms with Gasteiger partial charge >= 0.3 is 0 Å². The number of aryl methyl sites for hydroxylation is 2. The molecule has 0 aromatic heterocycles. The molecule has 0 saturated carbocycles. The van der Waals surface area contributed by atoms with E-state index in [0.29, 0.717) is 5.92 Å². The lowest BCUT2D eigenvalue weighted by atomic mass is 10.1. The third kappa shape index (κ3) is 4.71. The Hall–Kier alpha value is -1.59. The van der Waals surface area contributed by atoms with Gasteiger partial charge < -0.3 is 14.4 Å². The van der Waals surface area contributed by atoms with Crippen molar-refractivity contribution in [3.8, 4) is 5.75 Å². The van der Waals surface area contributed by atoms with Gasteiger partial charge in [0.1, 0.15) is 5.75 Å². The van der Waals surface area contributed by atoms with E-state index in [4.69, 9.17) is 9.47 Å². The van der Waals surface area contributed by atoms with Crippen LogP contribution in [-0.2, 0) is 9.53 Å². The van der Waals surface area contributed by atoms with Gasteiger partial charge in [-0.05, 0) is 49.4 Å². The summed E-state index contributed by atoms with van der Waals surface area (Å²) in [7, 11) is 0. The van der Waals surface area contributed by atoms with E-state index < -0.39 is 0 Å². The lowest BCUT2D eigenvalue weighted by Crippen LogP contribution is -2.50. The Morgan fingerprint density at radius 2 is 1.88 bits per heavy atom. The first kappa shape index (κ1) is 17.2. The van der Waals surface area contributed by atoms with Crippen molar-refractivity contribution in [3.63, 3.8) is 0 Å². The summed E-state index contributed by atoms with van der Waals surface area (Å²) in [5.41, 5.74) is 2.31. The molecule has 1 amide bonds. The molecule has 5 heteroatoms. The Morgan fingerprint density at radius 3 is 2.50 bits per heavy atom. The standard InChI is InChI=1S/C19H28N2O3/c1-15-9-16(2)11-18(10-15)24-14-19(22)21-6-4-20(5-7-21)12-17-3-8-23-13-17/h9-11,17H,3-8,12-14H2,1-2H3/t17-/m0/s1. The van der Waals surface area contributed by atoms with Crippen LogP contribution in [0.15, 0.2) is 18.2 Å². The van der Waals surface area contributed by atoms with Gasteiger partial charge in [-0.25, -0.2) is 0 Å². The maximum absolute atomic E-state index is 12.4. The second-order valence-corrected chi connectivity index (χ2v) is 7.02. The largest absolute Gasteiger partial charge is 0.484 e. The van der Waals surface area contributed by atoms with E-state index in [1.807, 2.05) is 30.9 Å². The van der Waals surface area contributed by atoms with Crippen LogP contribution in [0.3, 0.4) is 0 Å². The highest BCUT2D eigenvalue weighted by atomic mass is 16.5. The fourth-order valence-electron chi connectivity index (χ4n) is 3.52. The van der Waals surface area contributed by atoms with Crippen LogP contribution >= 0.6 is 0 Å². The minimum Gasteiger partial charge on any atom is -0.484 e. The Bertz CT molecular complexity index is 541. The molecule has 0 aliphatic carbocycles. The first-order chi connectivity index (χ1) is 11.6. The van der Waals surface area contributed by atoms with Gasteiger partial charge in [-0.3, -0.25) is 9.69 Å². The van der Waals surface area contributed by atoms with Crippen LogP contribution in [0.25, 0.3) is 0 Å². The van der Waals surface area contributed by atoms with Crippen molar-refractivity contribution in [3.05, 3.63) is 29.3 Å². The molecule has 1 atom stereocenters. The summed E-state index contributed by atoms with van der Waals surface area (Å²) in [6, 6.07) is 6.05. The molecule has 0 radical (unpaired) electrons. The van der Waals surface area contributed by atoms with Crippen LogP contribution in [0, 0.1) is 19.8 Å². The minimum atomic E-state index is 0.0815. The second-order valence-electron chi connectivity index (χ2n) is 7.02. The lowest BCUT2D eigenvalue weighted by molar-refractivity contribution is -0.135. The smallest absolute Gasteiger partial charge is 0.260 e. The highest BCUT2D eigenvalue weighted by Crippen LogP contribution is 2.17. The number of rotatable bonds is 5. The molecule has 24 heavy (non-hydrogen) atoms. The Balaban J connectivity index is 1.41. The third-order valence-electron chi connectivity index (χ3n) is 4.82. The second kappa shape index (κ2) is 7.99. The monoisotopic (exact) mass is 332 g/mol. The molecular formula is C19H28N2O3. The van der Waals surface area contributed by atoms with Crippen LogP contribution in [0.1, 0.15) is 17.5 Å². The van der Waals surface area contributed by atoms with E-state index in [1.165, 1.54) is 6.42 Å². The van der Waals surface area contributed by atoms with Gasteiger partial charge in [-0.15, -0.1) is 0 Å². The average molecular weight is 332 g/mol. The Morgan fingerprint density at radius 1 is 1.17 bits per heavy atom. The van der Waals surface area contributed by atoms with Crippen molar-refractivity contribution in [2.24, 2.45) is 5.92 Å². The highest BCUT2D eigenvalue weighted by Gasteiger charge is 2.24. The molecule has 3 rings (SSSR count). The molecule has 0 bridgehead atoms. The van der Waals surface area contributed by atoms with Crippen LogP contribution in [0.4, 0.5) is 0 Å². The zero-order valence-electron chi connectivity index (χ0n) is 14.8. The summed E-state index contributed by atoms with van der Waals surface area (Å²) in [4.78, 5) is 16.7. The fraction of sp³-hybridized carbons (Fsp3) is 0.632. The van der Waals surface area contributed by atoms with Gasteiger partial charge in [-0.2, -0.15) is 0 Å². The van der Waals surface area contributed by atoms with Gasteiger partial charge in [0.05, 0.1) is 6.61 Å². The van der Waals surface area contributed by atoms with E-state index in [-0.39, 0.29) is 12.5 Å². The summed E-state index contributed by atoms with van der Waals surface area (Å²) in [5, 5.41) is 0. The maximum atomic E-state index is 12.4. The SMILES string of the molecule is Cc1cc(C)cc(OCC(=O)N2CCN(C[C@@H]3CCOC3)CC2)c1. The van der Waals surface area contributed by atoms with E-state index in [1.54, 1.807) is 0 Å². The van der Waals surface area contributed by atoms with Gasteiger partial charge in [0, 0.05) is 39.3 Å². The number of piperazine rings is 1. The molecule has 1 aromatic carbocycles. The summed E-state index contributed by atoms with van der Waals surface area (Å²) < 4.78 is 11.1. The highest BCUT2D eigenvalue weighted by molar-refractivity contribution is 5.77. The molecule has 5 nitrogen and oxygen atoms in total. The summed E-state index contributed by atoms with van der Waals surface area (Å²) in [6.45, 7) is 10.6. The fourth-order valence-corrected chi connectivity index (χ4v) is 3.52.